The standard InChI is InChI=1S/C14H23F3N2S/c1-3-5-6-7-8-11(18-9-4-2)12-10-19-13(20-12)14(15,16)17/h10-11,18H,3-9H2,1-2H3. The summed E-state index contributed by atoms with van der Waals surface area (Å²) in [5.41, 5.74) is 0. The smallest absolute Gasteiger partial charge is 0.309 e. The summed E-state index contributed by atoms with van der Waals surface area (Å²) in [4.78, 5) is 4.21. The first-order valence-corrected chi connectivity index (χ1v) is 8.07. The first kappa shape index (κ1) is 17.4. The molecule has 2 nitrogen and oxygen atoms in total. The Morgan fingerprint density at radius 1 is 1.20 bits per heavy atom. The van der Waals surface area contributed by atoms with Crippen molar-refractivity contribution in [1.29, 1.82) is 0 Å². The summed E-state index contributed by atoms with van der Waals surface area (Å²) in [6.07, 6.45) is 3.39. The lowest BCUT2D eigenvalue weighted by Crippen LogP contribution is -2.21. The number of thiazole rings is 1. The molecule has 0 aliphatic rings. The van der Waals surface area contributed by atoms with Gasteiger partial charge in [-0.2, -0.15) is 13.2 Å². The van der Waals surface area contributed by atoms with E-state index in [4.69, 9.17) is 0 Å². The molecule has 0 saturated carbocycles. The molecule has 1 aromatic heterocycles. The fourth-order valence-electron chi connectivity index (χ4n) is 2.02. The maximum Gasteiger partial charge on any atom is 0.443 e. The van der Waals surface area contributed by atoms with Crippen LogP contribution in [-0.2, 0) is 6.18 Å². The Kier molecular flexibility index (Phi) is 7.51. The molecular formula is C14H23F3N2S. The molecule has 1 unspecified atom stereocenters. The van der Waals surface area contributed by atoms with Crippen molar-refractivity contribution in [3.63, 3.8) is 0 Å². The van der Waals surface area contributed by atoms with Gasteiger partial charge in [-0.05, 0) is 19.4 Å². The Morgan fingerprint density at radius 3 is 2.50 bits per heavy atom. The van der Waals surface area contributed by atoms with Crippen LogP contribution in [0.1, 0.15) is 68.3 Å². The number of nitrogens with one attached hydrogen (secondary N) is 1. The second-order valence-electron chi connectivity index (χ2n) is 4.92. The van der Waals surface area contributed by atoms with Gasteiger partial charge in [0.2, 0.25) is 0 Å². The van der Waals surface area contributed by atoms with Crippen LogP contribution in [0.3, 0.4) is 0 Å². The van der Waals surface area contributed by atoms with Crippen LogP contribution < -0.4 is 5.32 Å². The predicted octanol–water partition coefficient (Wildman–Crippen LogP) is 5.17. The molecule has 1 aromatic rings. The number of aromatic nitrogens is 1. The quantitative estimate of drug-likeness (QED) is 0.636. The number of unbranched alkanes of at least 4 members (excludes halogenated alkanes) is 3. The average Bonchev–Trinajstić information content (AvgIpc) is 2.87. The first-order valence-electron chi connectivity index (χ1n) is 7.25. The van der Waals surface area contributed by atoms with Crippen LogP contribution in [0.5, 0.6) is 0 Å². The molecular weight excluding hydrogens is 285 g/mol. The Bertz CT molecular complexity index is 377. The van der Waals surface area contributed by atoms with Crippen molar-refractivity contribution in [3.05, 3.63) is 16.1 Å². The molecule has 20 heavy (non-hydrogen) atoms. The fourth-order valence-corrected chi connectivity index (χ4v) is 2.91. The lowest BCUT2D eigenvalue weighted by atomic mass is 10.1. The van der Waals surface area contributed by atoms with Gasteiger partial charge in [0.25, 0.3) is 0 Å². The van der Waals surface area contributed by atoms with Crippen molar-refractivity contribution < 1.29 is 13.2 Å². The van der Waals surface area contributed by atoms with E-state index >= 15 is 0 Å². The van der Waals surface area contributed by atoms with Crippen molar-refractivity contribution in [2.24, 2.45) is 0 Å². The van der Waals surface area contributed by atoms with Gasteiger partial charge in [0, 0.05) is 17.1 Å². The molecule has 0 aliphatic carbocycles. The molecule has 6 heteroatoms. The van der Waals surface area contributed by atoms with Crippen LogP contribution in [0.4, 0.5) is 13.2 Å². The Labute approximate surface area is 122 Å². The highest BCUT2D eigenvalue weighted by Gasteiger charge is 2.35. The van der Waals surface area contributed by atoms with Crippen molar-refractivity contribution in [3.8, 4) is 0 Å². The summed E-state index contributed by atoms with van der Waals surface area (Å²) in [6.45, 7) is 5.01. The zero-order valence-electron chi connectivity index (χ0n) is 12.1. The fraction of sp³-hybridized carbons (Fsp3) is 0.786. The van der Waals surface area contributed by atoms with Gasteiger partial charge in [0.1, 0.15) is 0 Å². The summed E-state index contributed by atoms with van der Waals surface area (Å²) in [5.74, 6) is 0. The van der Waals surface area contributed by atoms with Gasteiger partial charge in [-0.1, -0.05) is 39.5 Å². The minimum absolute atomic E-state index is 0.000376. The zero-order valence-corrected chi connectivity index (χ0v) is 12.9. The van der Waals surface area contributed by atoms with E-state index < -0.39 is 11.2 Å². The van der Waals surface area contributed by atoms with Crippen LogP contribution >= 0.6 is 11.3 Å². The van der Waals surface area contributed by atoms with E-state index in [2.05, 4.69) is 24.1 Å². The van der Waals surface area contributed by atoms with Crippen LogP contribution in [0.2, 0.25) is 0 Å². The molecule has 0 amide bonds. The van der Waals surface area contributed by atoms with Gasteiger partial charge in [-0.15, -0.1) is 11.3 Å². The maximum absolute atomic E-state index is 12.6. The average molecular weight is 308 g/mol. The molecule has 0 bridgehead atoms. The van der Waals surface area contributed by atoms with Gasteiger partial charge in [0.15, 0.2) is 5.01 Å². The molecule has 0 spiro atoms. The van der Waals surface area contributed by atoms with Crippen LogP contribution in [-0.4, -0.2) is 11.5 Å². The highest BCUT2D eigenvalue weighted by molar-refractivity contribution is 7.11. The SMILES string of the molecule is CCCCCCC(NCCC)c1cnc(C(F)(F)F)s1. The van der Waals surface area contributed by atoms with Crippen molar-refractivity contribution in [1.82, 2.24) is 10.3 Å². The van der Waals surface area contributed by atoms with E-state index in [1.165, 1.54) is 12.6 Å². The Balaban J connectivity index is 2.64. The van der Waals surface area contributed by atoms with E-state index in [-0.39, 0.29) is 6.04 Å². The van der Waals surface area contributed by atoms with Gasteiger partial charge in [-0.25, -0.2) is 4.98 Å². The molecule has 0 fully saturated rings. The van der Waals surface area contributed by atoms with E-state index in [9.17, 15) is 13.2 Å². The van der Waals surface area contributed by atoms with E-state index in [0.29, 0.717) is 4.88 Å². The highest BCUT2D eigenvalue weighted by atomic mass is 32.1. The molecule has 1 heterocycles. The number of nitrogens with zero attached hydrogens (tertiary/aromatic N) is 1. The summed E-state index contributed by atoms with van der Waals surface area (Å²) >= 11 is 0.764. The number of rotatable bonds is 9. The summed E-state index contributed by atoms with van der Waals surface area (Å²) in [6, 6.07) is 0.000376. The first-order chi connectivity index (χ1) is 9.49. The van der Waals surface area contributed by atoms with E-state index in [1.54, 1.807) is 0 Å². The lowest BCUT2D eigenvalue weighted by Gasteiger charge is -2.16. The number of alkyl halides is 3. The number of hydrogen-bond donors (Lipinski definition) is 1. The maximum atomic E-state index is 12.6. The van der Waals surface area contributed by atoms with Crippen molar-refractivity contribution in [2.45, 2.75) is 64.6 Å². The number of halogens is 3. The van der Waals surface area contributed by atoms with Crippen LogP contribution in [0.15, 0.2) is 6.20 Å². The molecule has 0 aliphatic heterocycles. The predicted molar refractivity (Wildman–Crippen MR) is 76.9 cm³/mol. The number of hydrogen-bond acceptors (Lipinski definition) is 3. The molecule has 1 atom stereocenters. The summed E-state index contributed by atoms with van der Waals surface area (Å²) in [7, 11) is 0. The van der Waals surface area contributed by atoms with Gasteiger partial charge >= 0.3 is 6.18 Å². The third kappa shape index (κ3) is 5.79. The third-order valence-corrected chi connectivity index (χ3v) is 4.25. The normalized spacial score (nSPS) is 13.7. The minimum atomic E-state index is -4.33. The second kappa shape index (κ2) is 8.62. The largest absolute Gasteiger partial charge is 0.443 e. The van der Waals surface area contributed by atoms with Crippen LogP contribution in [0, 0.1) is 0 Å². The summed E-state index contributed by atoms with van der Waals surface area (Å²) < 4.78 is 37.8. The van der Waals surface area contributed by atoms with Gasteiger partial charge < -0.3 is 5.32 Å². The van der Waals surface area contributed by atoms with Gasteiger partial charge in [-0.3, -0.25) is 0 Å². The molecule has 0 saturated heterocycles. The molecule has 0 radical (unpaired) electrons. The Morgan fingerprint density at radius 2 is 1.95 bits per heavy atom. The monoisotopic (exact) mass is 308 g/mol. The van der Waals surface area contributed by atoms with Crippen LogP contribution in [0.25, 0.3) is 0 Å². The minimum Gasteiger partial charge on any atom is -0.309 e. The second-order valence-corrected chi connectivity index (χ2v) is 5.98. The Hall–Kier alpha value is -0.620. The van der Waals surface area contributed by atoms with Crippen molar-refractivity contribution >= 4 is 11.3 Å². The summed E-state index contributed by atoms with van der Waals surface area (Å²) in [5, 5.41) is 2.58. The topological polar surface area (TPSA) is 24.9 Å². The van der Waals surface area contributed by atoms with E-state index in [1.807, 2.05) is 0 Å². The van der Waals surface area contributed by atoms with E-state index in [0.717, 1.165) is 50.0 Å². The third-order valence-electron chi connectivity index (χ3n) is 3.10. The molecule has 1 rings (SSSR count). The molecule has 116 valence electrons. The molecule has 0 aromatic carbocycles. The lowest BCUT2D eigenvalue weighted by molar-refractivity contribution is -0.137. The molecule has 1 N–H and O–H groups in total. The zero-order chi connectivity index (χ0) is 15.0. The van der Waals surface area contributed by atoms with Crippen molar-refractivity contribution in [2.75, 3.05) is 6.54 Å². The van der Waals surface area contributed by atoms with Gasteiger partial charge in [0.05, 0.1) is 0 Å². The highest BCUT2D eigenvalue weighted by Crippen LogP contribution is 2.35.